The number of aromatic nitrogens is 1. The van der Waals surface area contributed by atoms with E-state index in [1.165, 1.54) is 0 Å². The fraction of sp³-hybridized carbons (Fsp3) is 0.312. The molecule has 0 unspecified atom stereocenters. The summed E-state index contributed by atoms with van der Waals surface area (Å²) in [5.41, 5.74) is 2.15. The van der Waals surface area contributed by atoms with Crippen molar-refractivity contribution in [3.05, 3.63) is 48.2 Å². The fourth-order valence-electron chi connectivity index (χ4n) is 1.90. The van der Waals surface area contributed by atoms with Crippen LogP contribution < -0.4 is 15.0 Å². The first-order valence-electron chi connectivity index (χ1n) is 6.78. The lowest BCUT2D eigenvalue weighted by Crippen LogP contribution is -2.10. The zero-order valence-electron chi connectivity index (χ0n) is 12.3. The second-order valence-corrected chi connectivity index (χ2v) is 4.69. The average Bonchev–Trinajstić information content (AvgIpc) is 2.47. The molecule has 4 heteroatoms. The Balaban J connectivity index is 2.01. The van der Waals surface area contributed by atoms with Crippen molar-refractivity contribution in [2.24, 2.45) is 0 Å². The summed E-state index contributed by atoms with van der Waals surface area (Å²) in [6.45, 7) is 3.39. The maximum atomic E-state index is 5.61. The molecule has 2 aromatic rings. The Morgan fingerprint density at radius 2 is 1.95 bits per heavy atom. The van der Waals surface area contributed by atoms with Crippen molar-refractivity contribution < 1.29 is 4.74 Å². The molecule has 1 N–H and O–H groups in total. The summed E-state index contributed by atoms with van der Waals surface area (Å²) in [4.78, 5) is 6.36. The van der Waals surface area contributed by atoms with E-state index < -0.39 is 0 Å². The Hall–Kier alpha value is -2.23. The van der Waals surface area contributed by atoms with Crippen molar-refractivity contribution in [3.63, 3.8) is 0 Å². The molecule has 0 fully saturated rings. The third-order valence-electron chi connectivity index (χ3n) is 2.96. The van der Waals surface area contributed by atoms with Crippen LogP contribution >= 0.6 is 0 Å². The molecule has 106 valence electrons. The third kappa shape index (κ3) is 3.63. The van der Waals surface area contributed by atoms with Crippen molar-refractivity contribution in [3.8, 4) is 5.75 Å². The summed E-state index contributed by atoms with van der Waals surface area (Å²) in [5, 5.41) is 3.36. The highest BCUT2D eigenvalue weighted by Gasteiger charge is 2.03. The van der Waals surface area contributed by atoms with Gasteiger partial charge in [-0.2, -0.15) is 0 Å². The van der Waals surface area contributed by atoms with Crippen LogP contribution in [0.4, 0.5) is 11.5 Å². The van der Waals surface area contributed by atoms with Crippen LogP contribution in [-0.2, 0) is 6.54 Å². The molecular formula is C16H21N3O. The van der Waals surface area contributed by atoms with Gasteiger partial charge in [0.25, 0.3) is 0 Å². The van der Waals surface area contributed by atoms with Crippen molar-refractivity contribution in [1.82, 2.24) is 4.98 Å². The summed E-state index contributed by atoms with van der Waals surface area (Å²) < 4.78 is 5.61. The first-order valence-corrected chi connectivity index (χ1v) is 6.78. The Kier molecular flexibility index (Phi) is 4.82. The molecular weight excluding hydrogens is 250 g/mol. The van der Waals surface area contributed by atoms with Gasteiger partial charge in [-0.15, -0.1) is 0 Å². The van der Waals surface area contributed by atoms with Crippen LogP contribution in [0.3, 0.4) is 0 Å². The smallest absolute Gasteiger partial charge is 0.128 e. The Morgan fingerprint density at radius 3 is 2.60 bits per heavy atom. The van der Waals surface area contributed by atoms with Gasteiger partial charge in [0.2, 0.25) is 0 Å². The van der Waals surface area contributed by atoms with Gasteiger partial charge in [-0.25, -0.2) is 4.98 Å². The lowest BCUT2D eigenvalue weighted by atomic mass is 10.2. The number of ether oxygens (including phenoxy) is 1. The lowest BCUT2D eigenvalue weighted by Gasteiger charge is -2.13. The van der Waals surface area contributed by atoms with E-state index >= 15 is 0 Å². The fourth-order valence-corrected chi connectivity index (χ4v) is 1.90. The summed E-state index contributed by atoms with van der Waals surface area (Å²) >= 11 is 0. The van der Waals surface area contributed by atoms with Crippen molar-refractivity contribution in [1.29, 1.82) is 0 Å². The van der Waals surface area contributed by atoms with Crippen LogP contribution in [0.2, 0.25) is 0 Å². The number of anilines is 2. The highest BCUT2D eigenvalue weighted by molar-refractivity contribution is 5.49. The largest absolute Gasteiger partial charge is 0.494 e. The molecule has 1 aromatic heterocycles. The quantitative estimate of drug-likeness (QED) is 0.875. The molecule has 4 nitrogen and oxygen atoms in total. The van der Waals surface area contributed by atoms with Gasteiger partial charge in [-0.1, -0.05) is 18.2 Å². The minimum Gasteiger partial charge on any atom is -0.494 e. The maximum absolute atomic E-state index is 5.61. The maximum Gasteiger partial charge on any atom is 0.128 e. The summed E-state index contributed by atoms with van der Waals surface area (Å²) in [6, 6.07) is 12.1. The number of hydrogen-bond donors (Lipinski definition) is 1. The molecule has 0 aliphatic heterocycles. The normalized spacial score (nSPS) is 10.2. The zero-order valence-corrected chi connectivity index (χ0v) is 12.3. The standard InChI is InChI=1S/C16H21N3O/c1-4-20-15-8-6-5-7-13(15)11-17-14-9-10-16(18-12-14)19(2)3/h5-10,12,17H,4,11H2,1-3H3. The molecule has 1 heterocycles. The first-order chi connectivity index (χ1) is 9.70. The number of benzene rings is 1. The topological polar surface area (TPSA) is 37.4 Å². The van der Waals surface area contributed by atoms with Crippen LogP contribution in [0.1, 0.15) is 12.5 Å². The minimum atomic E-state index is 0.677. The molecule has 0 bridgehead atoms. The average molecular weight is 271 g/mol. The molecule has 0 radical (unpaired) electrons. The number of para-hydroxylation sites is 1. The molecule has 0 atom stereocenters. The third-order valence-corrected chi connectivity index (χ3v) is 2.96. The molecule has 0 amide bonds. The Labute approximate surface area is 120 Å². The summed E-state index contributed by atoms with van der Waals surface area (Å²) in [7, 11) is 3.96. The van der Waals surface area contributed by atoms with E-state index in [2.05, 4.69) is 16.4 Å². The number of rotatable bonds is 6. The van der Waals surface area contributed by atoms with Crippen molar-refractivity contribution in [2.75, 3.05) is 30.9 Å². The molecule has 0 aliphatic carbocycles. The van der Waals surface area contributed by atoms with Gasteiger partial charge < -0.3 is 15.0 Å². The highest BCUT2D eigenvalue weighted by Crippen LogP contribution is 2.20. The van der Waals surface area contributed by atoms with Gasteiger partial charge in [0.05, 0.1) is 18.5 Å². The van der Waals surface area contributed by atoms with Crippen LogP contribution in [0.25, 0.3) is 0 Å². The summed E-state index contributed by atoms with van der Waals surface area (Å²) in [6.07, 6.45) is 1.85. The Bertz CT molecular complexity index is 538. The number of pyridine rings is 1. The Morgan fingerprint density at radius 1 is 1.15 bits per heavy atom. The molecule has 0 saturated carbocycles. The first kappa shape index (κ1) is 14.2. The second-order valence-electron chi connectivity index (χ2n) is 4.69. The van der Waals surface area contributed by atoms with E-state index in [9.17, 15) is 0 Å². The predicted octanol–water partition coefficient (Wildman–Crippen LogP) is 3.16. The summed E-state index contributed by atoms with van der Waals surface area (Å²) in [5.74, 6) is 1.88. The minimum absolute atomic E-state index is 0.677. The molecule has 0 saturated heterocycles. The van der Waals surface area contributed by atoms with Crippen LogP contribution in [0.5, 0.6) is 5.75 Å². The van der Waals surface area contributed by atoms with Crippen molar-refractivity contribution >= 4 is 11.5 Å². The van der Waals surface area contributed by atoms with Gasteiger partial charge >= 0.3 is 0 Å². The van der Waals surface area contributed by atoms with Crippen LogP contribution in [0.15, 0.2) is 42.6 Å². The molecule has 1 aromatic carbocycles. The van der Waals surface area contributed by atoms with E-state index in [1.807, 2.05) is 62.4 Å². The van der Waals surface area contributed by atoms with E-state index in [0.29, 0.717) is 6.61 Å². The zero-order chi connectivity index (χ0) is 14.4. The van der Waals surface area contributed by atoms with Gasteiger partial charge in [-0.3, -0.25) is 0 Å². The molecule has 0 aliphatic rings. The second kappa shape index (κ2) is 6.80. The number of hydrogen-bond acceptors (Lipinski definition) is 4. The van der Waals surface area contributed by atoms with E-state index in [4.69, 9.17) is 4.74 Å². The monoisotopic (exact) mass is 271 g/mol. The predicted molar refractivity (Wildman–Crippen MR) is 83.5 cm³/mol. The number of nitrogens with zero attached hydrogens (tertiary/aromatic N) is 2. The van der Waals surface area contributed by atoms with Gasteiger partial charge in [0, 0.05) is 26.2 Å². The van der Waals surface area contributed by atoms with Crippen LogP contribution in [-0.4, -0.2) is 25.7 Å². The highest BCUT2D eigenvalue weighted by atomic mass is 16.5. The lowest BCUT2D eigenvalue weighted by molar-refractivity contribution is 0.337. The van der Waals surface area contributed by atoms with Gasteiger partial charge in [0.1, 0.15) is 11.6 Å². The van der Waals surface area contributed by atoms with Gasteiger partial charge in [0.15, 0.2) is 0 Å². The van der Waals surface area contributed by atoms with E-state index in [-0.39, 0.29) is 0 Å². The SMILES string of the molecule is CCOc1ccccc1CNc1ccc(N(C)C)nc1. The molecule has 0 spiro atoms. The van der Waals surface area contributed by atoms with Gasteiger partial charge in [-0.05, 0) is 25.1 Å². The van der Waals surface area contributed by atoms with E-state index in [0.717, 1.165) is 29.4 Å². The van der Waals surface area contributed by atoms with Crippen LogP contribution in [0, 0.1) is 0 Å². The number of nitrogens with one attached hydrogen (secondary N) is 1. The molecule has 2 rings (SSSR count). The van der Waals surface area contributed by atoms with Crippen molar-refractivity contribution in [2.45, 2.75) is 13.5 Å². The van der Waals surface area contributed by atoms with E-state index in [1.54, 1.807) is 0 Å². The molecule has 20 heavy (non-hydrogen) atoms.